The normalized spacial score (nSPS) is 14.1. The molecule has 3 amide bonds. The molecule has 4 rings (SSSR count). The predicted molar refractivity (Wildman–Crippen MR) is 108 cm³/mol. The van der Waals surface area contributed by atoms with E-state index in [1.165, 1.54) is 0 Å². The molecule has 0 aliphatic carbocycles. The molecule has 0 radical (unpaired) electrons. The Kier molecular flexibility index (Phi) is 4.38. The van der Waals surface area contributed by atoms with Crippen LogP contribution in [0.5, 0.6) is 0 Å². The second-order valence-electron chi connectivity index (χ2n) is 6.77. The minimum Gasteiger partial charge on any atom is -0.326 e. The highest BCUT2D eigenvalue weighted by Gasteiger charge is 2.26. The fourth-order valence-corrected chi connectivity index (χ4v) is 3.45. The van der Waals surface area contributed by atoms with Crippen LogP contribution < -0.4 is 15.9 Å². The maximum absolute atomic E-state index is 12.7. The quantitative estimate of drug-likeness (QED) is 0.730. The monoisotopic (exact) mass is 379 g/mol. The molecule has 0 spiro atoms. The number of benzene rings is 2. The van der Waals surface area contributed by atoms with Gasteiger partial charge in [0.05, 0.1) is 11.0 Å². The predicted octanol–water partition coefficient (Wildman–Crippen LogP) is 2.47. The van der Waals surface area contributed by atoms with Crippen molar-refractivity contribution >= 4 is 34.3 Å². The van der Waals surface area contributed by atoms with Crippen molar-refractivity contribution in [3.8, 4) is 0 Å². The minimum absolute atomic E-state index is 0.0566. The third kappa shape index (κ3) is 3.02. The van der Waals surface area contributed by atoms with Crippen molar-refractivity contribution < 1.29 is 9.59 Å². The van der Waals surface area contributed by atoms with Crippen molar-refractivity contribution in [3.05, 3.63) is 58.5 Å². The number of carbonyl (C=O) groups is 2. The Morgan fingerprint density at radius 1 is 1.14 bits per heavy atom. The molecule has 0 saturated carbocycles. The molecule has 1 aromatic heterocycles. The Labute approximate surface area is 161 Å². The van der Waals surface area contributed by atoms with Gasteiger partial charge in [-0.3, -0.25) is 14.3 Å². The van der Waals surface area contributed by atoms with Crippen molar-refractivity contribution in [2.24, 2.45) is 0 Å². The molecule has 0 unspecified atom stereocenters. The second kappa shape index (κ2) is 6.88. The van der Waals surface area contributed by atoms with Crippen LogP contribution in [0.2, 0.25) is 0 Å². The molecule has 2 N–H and O–H groups in total. The first-order chi connectivity index (χ1) is 13.5. The van der Waals surface area contributed by atoms with Gasteiger partial charge in [0.15, 0.2) is 0 Å². The summed E-state index contributed by atoms with van der Waals surface area (Å²) < 4.78 is 1.59. The van der Waals surface area contributed by atoms with Crippen LogP contribution in [0.15, 0.2) is 47.3 Å². The number of H-pyrrole nitrogens is 1. The zero-order valence-corrected chi connectivity index (χ0v) is 15.7. The number of imidazole rings is 1. The number of fused-ring (bicyclic) bond motifs is 1. The summed E-state index contributed by atoms with van der Waals surface area (Å²) in [6.45, 7) is 3.69. The lowest BCUT2D eigenvalue weighted by atomic mass is 10.1. The van der Waals surface area contributed by atoms with Crippen molar-refractivity contribution in [2.75, 3.05) is 30.4 Å². The molecule has 2 aromatic carbocycles. The number of hydrogen-bond acceptors (Lipinski definition) is 3. The third-order valence-electron chi connectivity index (χ3n) is 4.99. The van der Waals surface area contributed by atoms with Crippen LogP contribution in [0, 0.1) is 0 Å². The van der Waals surface area contributed by atoms with Crippen molar-refractivity contribution in [2.45, 2.75) is 13.5 Å². The summed E-state index contributed by atoms with van der Waals surface area (Å²) in [4.78, 5) is 42.9. The van der Waals surface area contributed by atoms with Crippen LogP contribution >= 0.6 is 0 Å². The zero-order valence-electron chi connectivity index (χ0n) is 15.7. The highest BCUT2D eigenvalue weighted by Crippen LogP contribution is 2.23. The number of likely N-dealkylation sites (N-methyl/N-ethyl adjacent to an activating group) is 1. The van der Waals surface area contributed by atoms with Gasteiger partial charge in [-0.1, -0.05) is 6.07 Å². The molecular weight excluding hydrogens is 358 g/mol. The summed E-state index contributed by atoms with van der Waals surface area (Å²) in [7, 11) is 1.76. The van der Waals surface area contributed by atoms with Gasteiger partial charge in [0, 0.05) is 43.6 Å². The van der Waals surface area contributed by atoms with Gasteiger partial charge in [-0.2, -0.15) is 0 Å². The first kappa shape index (κ1) is 17.8. The SMILES string of the molecule is CCn1c(=O)[nH]c2ccc(C(=O)Nc3cccc(N4CCN(C)C4=O)c3)cc21. The topological polar surface area (TPSA) is 90.4 Å². The molecule has 8 nitrogen and oxygen atoms in total. The average Bonchev–Trinajstić information content (AvgIpc) is 3.19. The first-order valence-electron chi connectivity index (χ1n) is 9.14. The molecular formula is C20H21N5O3. The molecule has 28 heavy (non-hydrogen) atoms. The van der Waals surface area contributed by atoms with Gasteiger partial charge in [-0.15, -0.1) is 0 Å². The van der Waals surface area contributed by atoms with E-state index in [0.717, 1.165) is 5.69 Å². The average molecular weight is 379 g/mol. The molecule has 2 heterocycles. The summed E-state index contributed by atoms with van der Waals surface area (Å²) in [6.07, 6.45) is 0. The highest BCUT2D eigenvalue weighted by atomic mass is 16.2. The Balaban J connectivity index is 1.59. The molecule has 1 saturated heterocycles. The molecule has 3 aromatic rings. The fourth-order valence-electron chi connectivity index (χ4n) is 3.45. The van der Waals surface area contributed by atoms with Gasteiger partial charge in [-0.25, -0.2) is 9.59 Å². The van der Waals surface area contributed by atoms with Crippen LogP contribution in [0.1, 0.15) is 17.3 Å². The minimum atomic E-state index is -0.278. The summed E-state index contributed by atoms with van der Waals surface area (Å²) in [5.74, 6) is -0.278. The third-order valence-corrected chi connectivity index (χ3v) is 4.99. The summed E-state index contributed by atoms with van der Waals surface area (Å²) >= 11 is 0. The lowest BCUT2D eigenvalue weighted by molar-refractivity contribution is 0.102. The van der Waals surface area contributed by atoms with E-state index >= 15 is 0 Å². The van der Waals surface area contributed by atoms with Crippen molar-refractivity contribution in [1.29, 1.82) is 0 Å². The van der Waals surface area contributed by atoms with Gasteiger partial charge in [-0.05, 0) is 43.3 Å². The van der Waals surface area contributed by atoms with Gasteiger partial charge in [0.25, 0.3) is 5.91 Å². The molecule has 0 bridgehead atoms. The molecule has 144 valence electrons. The number of amides is 3. The van der Waals surface area contributed by atoms with Crippen molar-refractivity contribution in [1.82, 2.24) is 14.5 Å². The summed E-state index contributed by atoms with van der Waals surface area (Å²) in [5, 5.41) is 2.87. The fraction of sp³-hybridized carbons (Fsp3) is 0.250. The number of nitrogens with one attached hydrogen (secondary N) is 2. The van der Waals surface area contributed by atoms with E-state index in [4.69, 9.17) is 0 Å². The Hall–Kier alpha value is -3.55. The zero-order chi connectivity index (χ0) is 19.8. The van der Waals surface area contributed by atoms with Gasteiger partial charge >= 0.3 is 11.7 Å². The standard InChI is InChI=1S/C20H21N5O3/c1-3-24-17-11-13(7-8-16(17)22-19(24)27)18(26)21-14-5-4-6-15(12-14)25-10-9-23(2)20(25)28/h4-8,11-12H,3,9-10H2,1-2H3,(H,21,26)(H,22,27). The lowest BCUT2D eigenvalue weighted by Gasteiger charge is -2.17. The summed E-state index contributed by atoms with van der Waals surface area (Å²) in [6, 6.07) is 12.3. The Morgan fingerprint density at radius 2 is 1.96 bits per heavy atom. The number of anilines is 2. The van der Waals surface area contributed by atoms with E-state index in [1.54, 1.807) is 57.8 Å². The lowest BCUT2D eigenvalue weighted by Crippen LogP contribution is -2.29. The van der Waals surface area contributed by atoms with Gasteiger partial charge in [0.2, 0.25) is 0 Å². The van der Waals surface area contributed by atoms with Crippen LogP contribution in [0.3, 0.4) is 0 Å². The van der Waals surface area contributed by atoms with Gasteiger partial charge in [0.1, 0.15) is 0 Å². The van der Waals surface area contributed by atoms with Crippen LogP contribution in [0.4, 0.5) is 16.2 Å². The van der Waals surface area contributed by atoms with Crippen LogP contribution in [0.25, 0.3) is 11.0 Å². The van der Waals surface area contributed by atoms with Crippen LogP contribution in [-0.2, 0) is 6.54 Å². The molecule has 1 fully saturated rings. The molecule has 1 aliphatic rings. The van der Waals surface area contributed by atoms with E-state index in [1.807, 2.05) is 13.0 Å². The first-order valence-corrected chi connectivity index (χ1v) is 9.14. The second-order valence-corrected chi connectivity index (χ2v) is 6.77. The van der Waals surface area contributed by atoms with Crippen LogP contribution in [-0.4, -0.2) is 46.5 Å². The number of aromatic nitrogens is 2. The largest absolute Gasteiger partial charge is 0.326 e. The summed E-state index contributed by atoms with van der Waals surface area (Å²) in [5.41, 5.74) is 3.00. The molecule has 8 heteroatoms. The van der Waals surface area contributed by atoms with Gasteiger partial charge < -0.3 is 15.2 Å². The number of aromatic amines is 1. The van der Waals surface area contributed by atoms with E-state index < -0.39 is 0 Å². The van der Waals surface area contributed by atoms with E-state index in [0.29, 0.717) is 41.9 Å². The number of urea groups is 1. The number of rotatable bonds is 4. The van der Waals surface area contributed by atoms with E-state index in [2.05, 4.69) is 10.3 Å². The highest BCUT2D eigenvalue weighted by molar-refractivity contribution is 6.06. The molecule has 1 aliphatic heterocycles. The van der Waals surface area contributed by atoms with Crippen molar-refractivity contribution in [3.63, 3.8) is 0 Å². The smallest absolute Gasteiger partial charge is 0.326 e. The maximum Gasteiger partial charge on any atom is 0.326 e. The van der Waals surface area contributed by atoms with E-state index in [-0.39, 0.29) is 17.6 Å². The number of aryl methyl sites for hydroxylation is 1. The number of nitrogens with zero attached hydrogens (tertiary/aromatic N) is 3. The Bertz CT molecular complexity index is 1130. The molecule has 0 atom stereocenters. The maximum atomic E-state index is 12.7. The number of hydrogen-bond donors (Lipinski definition) is 2. The number of carbonyl (C=O) groups excluding carboxylic acids is 2. The van der Waals surface area contributed by atoms with E-state index in [9.17, 15) is 14.4 Å². The Morgan fingerprint density at radius 3 is 2.68 bits per heavy atom.